The first kappa shape index (κ1) is 10.8. The molecule has 6 nitrogen and oxygen atoms in total. The number of urea groups is 1. The molecule has 0 bridgehead atoms. The number of hydrogen-bond donors (Lipinski definition) is 1. The number of amidine groups is 1. The highest BCUT2D eigenvalue weighted by Crippen LogP contribution is 2.23. The molecule has 6 heteroatoms. The summed E-state index contributed by atoms with van der Waals surface area (Å²) in [6.07, 6.45) is 1.31. The second kappa shape index (κ2) is 3.40. The molecule has 2 aliphatic rings. The quantitative estimate of drug-likeness (QED) is 0.734. The molecular formula is C10H14N4O2. The fourth-order valence-corrected chi connectivity index (χ4v) is 1.75. The van der Waals surface area contributed by atoms with Gasteiger partial charge < -0.3 is 0 Å². The SMILES string of the molecule is CC(C)CN1C(=O)NC2=NC=NC2(C)C1=O. The van der Waals surface area contributed by atoms with E-state index in [4.69, 9.17) is 0 Å². The molecular weight excluding hydrogens is 208 g/mol. The van der Waals surface area contributed by atoms with Crippen molar-refractivity contribution in [3.05, 3.63) is 0 Å². The first-order chi connectivity index (χ1) is 7.45. The van der Waals surface area contributed by atoms with Crippen LogP contribution in [0.1, 0.15) is 20.8 Å². The Labute approximate surface area is 93.4 Å². The highest BCUT2D eigenvalue weighted by Gasteiger charge is 2.50. The maximum Gasteiger partial charge on any atom is 0.329 e. The Kier molecular flexibility index (Phi) is 2.29. The van der Waals surface area contributed by atoms with Gasteiger partial charge in [-0.25, -0.2) is 14.8 Å². The van der Waals surface area contributed by atoms with Gasteiger partial charge in [0, 0.05) is 6.54 Å². The van der Waals surface area contributed by atoms with E-state index in [2.05, 4.69) is 15.3 Å². The lowest BCUT2D eigenvalue weighted by molar-refractivity contribution is -0.132. The van der Waals surface area contributed by atoms with Gasteiger partial charge in [-0.05, 0) is 12.8 Å². The van der Waals surface area contributed by atoms with Gasteiger partial charge in [0.05, 0.1) is 0 Å². The maximum atomic E-state index is 12.1. The first-order valence-electron chi connectivity index (χ1n) is 5.20. The number of nitrogens with one attached hydrogen (secondary N) is 1. The third-order valence-corrected chi connectivity index (χ3v) is 2.64. The van der Waals surface area contributed by atoms with Crippen molar-refractivity contribution in [2.75, 3.05) is 6.54 Å². The fourth-order valence-electron chi connectivity index (χ4n) is 1.75. The fraction of sp³-hybridized carbons (Fsp3) is 0.600. The van der Waals surface area contributed by atoms with Crippen LogP contribution >= 0.6 is 0 Å². The van der Waals surface area contributed by atoms with Crippen molar-refractivity contribution in [2.24, 2.45) is 15.9 Å². The first-order valence-corrected chi connectivity index (χ1v) is 5.20. The van der Waals surface area contributed by atoms with Crippen molar-refractivity contribution in [3.8, 4) is 0 Å². The Morgan fingerprint density at radius 1 is 1.50 bits per heavy atom. The third kappa shape index (κ3) is 1.41. The molecule has 16 heavy (non-hydrogen) atoms. The van der Waals surface area contributed by atoms with Crippen LogP contribution in [0.5, 0.6) is 0 Å². The smallest absolute Gasteiger partial charge is 0.293 e. The number of fused-ring (bicyclic) bond motifs is 1. The molecule has 0 spiro atoms. The summed E-state index contributed by atoms with van der Waals surface area (Å²) in [5, 5.41) is 2.60. The van der Waals surface area contributed by atoms with Crippen LogP contribution < -0.4 is 5.32 Å². The van der Waals surface area contributed by atoms with Gasteiger partial charge >= 0.3 is 6.03 Å². The molecule has 2 aliphatic heterocycles. The molecule has 0 aliphatic carbocycles. The predicted octanol–water partition coefficient (Wildman–Crippen LogP) is 0.393. The minimum Gasteiger partial charge on any atom is -0.293 e. The molecule has 0 aromatic rings. The van der Waals surface area contributed by atoms with Crippen molar-refractivity contribution in [1.82, 2.24) is 10.2 Å². The van der Waals surface area contributed by atoms with E-state index in [0.29, 0.717) is 12.4 Å². The molecule has 0 saturated carbocycles. The third-order valence-electron chi connectivity index (χ3n) is 2.64. The van der Waals surface area contributed by atoms with Crippen molar-refractivity contribution >= 4 is 24.1 Å². The molecule has 2 heterocycles. The average Bonchev–Trinajstić information content (AvgIpc) is 2.56. The molecule has 1 fully saturated rings. The summed E-state index contributed by atoms with van der Waals surface area (Å²) >= 11 is 0. The summed E-state index contributed by atoms with van der Waals surface area (Å²) in [6.45, 7) is 5.95. The van der Waals surface area contributed by atoms with Crippen LogP contribution in [0.15, 0.2) is 9.98 Å². The lowest BCUT2D eigenvalue weighted by Crippen LogP contribution is -2.65. The number of rotatable bonds is 2. The summed E-state index contributed by atoms with van der Waals surface area (Å²) in [5.74, 6) is 0.238. The zero-order chi connectivity index (χ0) is 11.9. The molecule has 1 unspecified atom stereocenters. The molecule has 1 saturated heterocycles. The van der Waals surface area contributed by atoms with Gasteiger partial charge in [-0.15, -0.1) is 0 Å². The highest BCUT2D eigenvalue weighted by atomic mass is 16.2. The number of nitrogens with zero attached hydrogens (tertiary/aromatic N) is 3. The highest BCUT2D eigenvalue weighted by molar-refractivity contribution is 6.26. The topological polar surface area (TPSA) is 74.1 Å². The number of carbonyl (C=O) groups is 2. The van der Waals surface area contributed by atoms with E-state index in [0.717, 1.165) is 0 Å². The van der Waals surface area contributed by atoms with E-state index in [1.54, 1.807) is 6.92 Å². The minimum atomic E-state index is -1.04. The molecule has 1 atom stereocenters. The van der Waals surface area contributed by atoms with Crippen molar-refractivity contribution < 1.29 is 9.59 Å². The van der Waals surface area contributed by atoms with E-state index in [-0.39, 0.29) is 11.8 Å². The summed E-state index contributed by atoms with van der Waals surface area (Å²) in [6, 6.07) is -0.416. The van der Waals surface area contributed by atoms with Gasteiger partial charge in [-0.2, -0.15) is 0 Å². The van der Waals surface area contributed by atoms with Crippen LogP contribution in [0.4, 0.5) is 4.79 Å². The number of amides is 3. The summed E-state index contributed by atoms with van der Waals surface area (Å²) < 4.78 is 0. The lowest BCUT2D eigenvalue weighted by atomic mass is 9.97. The van der Waals surface area contributed by atoms with Gasteiger partial charge in [0.15, 0.2) is 5.54 Å². The predicted molar refractivity (Wildman–Crippen MR) is 59.4 cm³/mol. The zero-order valence-corrected chi connectivity index (χ0v) is 9.52. The van der Waals surface area contributed by atoms with Gasteiger partial charge in [-0.1, -0.05) is 13.8 Å². The summed E-state index contributed by atoms with van der Waals surface area (Å²) in [7, 11) is 0. The van der Waals surface area contributed by atoms with Crippen LogP contribution in [0.2, 0.25) is 0 Å². The molecule has 2 rings (SSSR count). The molecule has 86 valence electrons. The van der Waals surface area contributed by atoms with Gasteiger partial charge in [-0.3, -0.25) is 15.0 Å². The van der Waals surface area contributed by atoms with Crippen molar-refractivity contribution in [2.45, 2.75) is 26.3 Å². The molecule has 0 aromatic heterocycles. The Hall–Kier alpha value is -1.72. The Bertz CT molecular complexity index is 413. The van der Waals surface area contributed by atoms with E-state index in [1.807, 2.05) is 13.8 Å². The summed E-state index contributed by atoms with van der Waals surface area (Å²) in [4.78, 5) is 32.9. The Morgan fingerprint density at radius 3 is 2.81 bits per heavy atom. The second-order valence-corrected chi connectivity index (χ2v) is 4.53. The molecule has 0 radical (unpaired) electrons. The second-order valence-electron chi connectivity index (χ2n) is 4.53. The van der Waals surface area contributed by atoms with Crippen LogP contribution in [0.3, 0.4) is 0 Å². The maximum absolute atomic E-state index is 12.1. The van der Waals surface area contributed by atoms with Gasteiger partial charge in [0.2, 0.25) is 0 Å². The van der Waals surface area contributed by atoms with Crippen LogP contribution in [-0.2, 0) is 4.79 Å². The average molecular weight is 222 g/mol. The van der Waals surface area contributed by atoms with Crippen molar-refractivity contribution in [1.29, 1.82) is 0 Å². The van der Waals surface area contributed by atoms with E-state index in [1.165, 1.54) is 11.2 Å². The number of imide groups is 1. The van der Waals surface area contributed by atoms with Crippen LogP contribution in [0.25, 0.3) is 0 Å². The number of hydrogen-bond acceptors (Lipinski definition) is 4. The lowest BCUT2D eigenvalue weighted by Gasteiger charge is -2.35. The summed E-state index contributed by atoms with van der Waals surface area (Å²) in [5.41, 5.74) is -1.04. The largest absolute Gasteiger partial charge is 0.329 e. The van der Waals surface area contributed by atoms with Crippen LogP contribution in [-0.4, -0.2) is 41.1 Å². The van der Waals surface area contributed by atoms with E-state index < -0.39 is 11.6 Å². The molecule has 1 N–H and O–H groups in total. The normalized spacial score (nSPS) is 28.2. The monoisotopic (exact) mass is 222 g/mol. The Morgan fingerprint density at radius 2 is 2.19 bits per heavy atom. The van der Waals surface area contributed by atoms with E-state index in [9.17, 15) is 9.59 Å². The zero-order valence-electron chi connectivity index (χ0n) is 9.52. The Balaban J connectivity index is 2.30. The number of aliphatic imine (C=N–C) groups is 2. The van der Waals surface area contributed by atoms with Gasteiger partial charge in [0.25, 0.3) is 5.91 Å². The molecule has 3 amide bonds. The van der Waals surface area contributed by atoms with Gasteiger partial charge in [0.1, 0.15) is 12.2 Å². The minimum absolute atomic E-state index is 0.224. The van der Waals surface area contributed by atoms with Crippen LogP contribution in [0, 0.1) is 5.92 Å². The number of carbonyl (C=O) groups excluding carboxylic acids is 2. The van der Waals surface area contributed by atoms with E-state index >= 15 is 0 Å². The standard InChI is InChI=1S/C10H14N4O2/c1-6(2)4-14-8(15)10(3)7(11-5-12-10)13-9(14)16/h5-6H,4H2,1-3H3,(H,11,12,13,16). The molecule has 0 aromatic carbocycles. The van der Waals surface area contributed by atoms with Crippen molar-refractivity contribution in [3.63, 3.8) is 0 Å².